The van der Waals surface area contributed by atoms with Gasteiger partial charge in [-0.25, -0.2) is 9.38 Å². The van der Waals surface area contributed by atoms with Gasteiger partial charge in [0.25, 0.3) is 0 Å². The van der Waals surface area contributed by atoms with E-state index < -0.39 is 0 Å². The quantitative estimate of drug-likeness (QED) is 0.593. The van der Waals surface area contributed by atoms with Gasteiger partial charge in [-0.05, 0) is 24.3 Å². The zero-order chi connectivity index (χ0) is 18.1. The van der Waals surface area contributed by atoms with Crippen molar-refractivity contribution in [1.29, 1.82) is 0 Å². The third-order valence-electron chi connectivity index (χ3n) is 4.28. The molecule has 0 aliphatic carbocycles. The van der Waals surface area contributed by atoms with Crippen LogP contribution in [0.2, 0.25) is 0 Å². The number of benzene rings is 2. The number of nitrogens with one attached hydrogen (secondary N) is 1. The Morgan fingerprint density at radius 1 is 1.04 bits per heavy atom. The maximum atomic E-state index is 5.47. The molecule has 26 heavy (non-hydrogen) atoms. The summed E-state index contributed by atoms with van der Waals surface area (Å²) in [5.41, 5.74) is 2.38. The summed E-state index contributed by atoms with van der Waals surface area (Å²) < 4.78 is 12.7. The van der Waals surface area contributed by atoms with Gasteiger partial charge >= 0.3 is 0 Å². The van der Waals surface area contributed by atoms with Crippen molar-refractivity contribution in [3.63, 3.8) is 0 Å². The van der Waals surface area contributed by atoms with Crippen molar-refractivity contribution in [3.8, 4) is 11.5 Å². The number of anilines is 2. The third kappa shape index (κ3) is 2.57. The highest BCUT2D eigenvalue weighted by Gasteiger charge is 2.15. The molecule has 4 rings (SSSR count). The van der Waals surface area contributed by atoms with Crippen molar-refractivity contribution < 1.29 is 9.47 Å². The van der Waals surface area contributed by atoms with E-state index in [1.807, 2.05) is 53.8 Å². The van der Waals surface area contributed by atoms with Crippen LogP contribution in [0.1, 0.15) is 12.7 Å². The predicted octanol–water partition coefficient (Wildman–Crippen LogP) is 3.60. The molecule has 0 fully saturated rings. The number of rotatable bonds is 5. The Morgan fingerprint density at radius 2 is 1.88 bits per heavy atom. The maximum Gasteiger partial charge on any atom is 0.215 e. The van der Waals surface area contributed by atoms with Crippen LogP contribution in [0.5, 0.6) is 11.5 Å². The minimum Gasteiger partial charge on any atom is -0.497 e. The number of para-hydroxylation sites is 1. The molecule has 0 saturated carbocycles. The summed E-state index contributed by atoms with van der Waals surface area (Å²) in [6.45, 7) is 2.04. The minimum absolute atomic E-state index is 0.632. The van der Waals surface area contributed by atoms with Gasteiger partial charge in [0.05, 0.1) is 25.4 Å². The van der Waals surface area contributed by atoms with Gasteiger partial charge in [0.1, 0.15) is 17.3 Å². The number of aryl methyl sites for hydroxylation is 1. The van der Waals surface area contributed by atoms with E-state index in [0.29, 0.717) is 11.7 Å². The van der Waals surface area contributed by atoms with Crippen LogP contribution in [0.3, 0.4) is 0 Å². The number of methoxy groups -OCH3 is 2. The lowest BCUT2D eigenvalue weighted by molar-refractivity contribution is 0.405. The number of hydrogen-bond acceptors (Lipinski definition) is 6. The zero-order valence-electron chi connectivity index (χ0n) is 14.9. The fourth-order valence-corrected chi connectivity index (χ4v) is 2.98. The molecule has 0 spiro atoms. The van der Waals surface area contributed by atoms with E-state index in [1.54, 1.807) is 14.2 Å². The van der Waals surface area contributed by atoms with Gasteiger partial charge in [-0.15, -0.1) is 10.2 Å². The van der Waals surface area contributed by atoms with Gasteiger partial charge in [-0.2, -0.15) is 0 Å². The molecule has 2 aromatic carbocycles. The highest BCUT2D eigenvalue weighted by Crippen LogP contribution is 2.32. The molecule has 7 nitrogen and oxygen atoms in total. The second-order valence-corrected chi connectivity index (χ2v) is 5.77. The first-order valence-corrected chi connectivity index (χ1v) is 8.37. The molecular weight excluding hydrogens is 330 g/mol. The number of nitrogens with zero attached hydrogens (tertiary/aromatic N) is 4. The number of ether oxygens (including phenoxy) is 2. The highest BCUT2D eigenvalue weighted by molar-refractivity contribution is 5.92. The van der Waals surface area contributed by atoms with Gasteiger partial charge in [0.2, 0.25) is 5.95 Å². The number of hydrogen-bond donors (Lipinski definition) is 1. The van der Waals surface area contributed by atoms with E-state index in [9.17, 15) is 0 Å². The summed E-state index contributed by atoms with van der Waals surface area (Å²) in [6.07, 6.45) is 0.741. The summed E-state index contributed by atoms with van der Waals surface area (Å²) in [7, 11) is 3.26. The van der Waals surface area contributed by atoms with Crippen molar-refractivity contribution >= 4 is 28.2 Å². The van der Waals surface area contributed by atoms with E-state index in [4.69, 9.17) is 14.5 Å². The standard InChI is InChI=1S/C19H19N5O2/c1-4-17-22-23-18-13-7-5-6-8-14(13)20-19(24(17)18)21-15-11-12(25-2)9-10-16(15)26-3/h5-11H,4H2,1-3H3,(H,20,21). The van der Waals surface area contributed by atoms with Gasteiger partial charge in [-0.3, -0.25) is 0 Å². The van der Waals surface area contributed by atoms with E-state index >= 15 is 0 Å². The lowest BCUT2D eigenvalue weighted by Gasteiger charge is -2.14. The van der Waals surface area contributed by atoms with Gasteiger partial charge in [-0.1, -0.05) is 19.1 Å². The molecule has 0 unspecified atom stereocenters. The van der Waals surface area contributed by atoms with Crippen LogP contribution >= 0.6 is 0 Å². The van der Waals surface area contributed by atoms with Crippen molar-refractivity contribution in [1.82, 2.24) is 19.6 Å². The summed E-state index contributed by atoms with van der Waals surface area (Å²) in [4.78, 5) is 4.79. The molecular formula is C19H19N5O2. The van der Waals surface area contributed by atoms with Gasteiger partial charge in [0, 0.05) is 17.9 Å². The number of aromatic nitrogens is 4. The van der Waals surface area contributed by atoms with Crippen LogP contribution < -0.4 is 14.8 Å². The Labute approximate surface area is 150 Å². The third-order valence-corrected chi connectivity index (χ3v) is 4.28. The smallest absolute Gasteiger partial charge is 0.215 e. The molecule has 0 bridgehead atoms. The van der Waals surface area contributed by atoms with E-state index in [1.165, 1.54) is 0 Å². The molecule has 0 amide bonds. The first-order chi connectivity index (χ1) is 12.7. The Hall–Kier alpha value is -3.35. The van der Waals surface area contributed by atoms with Crippen LogP contribution in [0.4, 0.5) is 11.6 Å². The Balaban J connectivity index is 1.94. The molecule has 0 atom stereocenters. The van der Waals surface area contributed by atoms with Crippen LogP contribution in [-0.2, 0) is 6.42 Å². The minimum atomic E-state index is 0.632. The zero-order valence-corrected chi connectivity index (χ0v) is 14.9. The average molecular weight is 349 g/mol. The summed E-state index contributed by atoms with van der Waals surface area (Å²) >= 11 is 0. The molecule has 132 valence electrons. The molecule has 0 saturated heterocycles. The molecule has 0 aliphatic heterocycles. The molecule has 4 aromatic rings. The monoisotopic (exact) mass is 349 g/mol. The Kier molecular flexibility index (Phi) is 4.04. The molecule has 2 aromatic heterocycles. The maximum absolute atomic E-state index is 5.47. The summed E-state index contributed by atoms with van der Waals surface area (Å²) in [6, 6.07) is 13.5. The van der Waals surface area contributed by atoms with E-state index in [2.05, 4.69) is 15.5 Å². The molecule has 0 aliphatic rings. The van der Waals surface area contributed by atoms with E-state index in [-0.39, 0.29) is 0 Å². The van der Waals surface area contributed by atoms with Crippen molar-refractivity contribution in [3.05, 3.63) is 48.3 Å². The lowest BCUT2D eigenvalue weighted by atomic mass is 10.2. The highest BCUT2D eigenvalue weighted by atomic mass is 16.5. The predicted molar refractivity (Wildman–Crippen MR) is 100 cm³/mol. The van der Waals surface area contributed by atoms with Crippen molar-refractivity contribution in [2.24, 2.45) is 0 Å². The van der Waals surface area contributed by atoms with E-state index in [0.717, 1.165) is 40.2 Å². The van der Waals surface area contributed by atoms with Crippen LogP contribution in [0, 0.1) is 0 Å². The SMILES string of the molecule is CCc1nnc2c3ccccc3nc(Nc3cc(OC)ccc3OC)n12. The Bertz CT molecular complexity index is 1090. The van der Waals surface area contributed by atoms with Crippen LogP contribution in [0.25, 0.3) is 16.6 Å². The first-order valence-electron chi connectivity index (χ1n) is 8.37. The van der Waals surface area contributed by atoms with Crippen LogP contribution in [-0.4, -0.2) is 33.8 Å². The fraction of sp³-hybridized carbons (Fsp3) is 0.211. The first kappa shape index (κ1) is 16.1. The largest absolute Gasteiger partial charge is 0.497 e. The summed E-state index contributed by atoms with van der Waals surface area (Å²) in [5.74, 6) is 2.89. The van der Waals surface area contributed by atoms with Gasteiger partial charge < -0.3 is 14.8 Å². The lowest BCUT2D eigenvalue weighted by Crippen LogP contribution is -2.06. The van der Waals surface area contributed by atoms with Gasteiger partial charge in [0.15, 0.2) is 5.65 Å². The van der Waals surface area contributed by atoms with Crippen LogP contribution in [0.15, 0.2) is 42.5 Å². The molecule has 7 heteroatoms. The number of fused-ring (bicyclic) bond motifs is 3. The second kappa shape index (κ2) is 6.51. The Morgan fingerprint density at radius 3 is 2.65 bits per heavy atom. The normalized spacial score (nSPS) is 11.0. The fourth-order valence-electron chi connectivity index (χ4n) is 2.98. The molecule has 0 radical (unpaired) electrons. The molecule has 1 N–H and O–H groups in total. The topological polar surface area (TPSA) is 73.6 Å². The summed E-state index contributed by atoms with van der Waals surface area (Å²) in [5, 5.41) is 13.0. The second-order valence-electron chi connectivity index (χ2n) is 5.77. The molecule has 2 heterocycles. The van der Waals surface area contributed by atoms with Crippen molar-refractivity contribution in [2.45, 2.75) is 13.3 Å². The average Bonchev–Trinajstić information content (AvgIpc) is 3.13. The van der Waals surface area contributed by atoms with Crippen molar-refractivity contribution in [2.75, 3.05) is 19.5 Å².